The number of nitrogens with zero attached hydrogens (tertiary/aromatic N) is 5. The number of pyridine rings is 1. The number of carbonyl (C=O) groups excluding carboxylic acids is 1. The summed E-state index contributed by atoms with van der Waals surface area (Å²) in [5, 5.41) is 4.58. The standard InChI is InChI=1S/C20H17N5O3/c1-3-28-19(26)16-12-22-20-23-18(14-8-10-21-11-9-14)24-25(20)17(16)13-4-6-15(27-2)7-5-13/h4-12H,3H2,1-2H3. The highest BCUT2D eigenvalue weighted by Crippen LogP contribution is 2.27. The van der Waals surface area contributed by atoms with E-state index in [1.54, 1.807) is 30.9 Å². The number of rotatable bonds is 5. The van der Waals surface area contributed by atoms with Crippen LogP contribution in [0.2, 0.25) is 0 Å². The lowest BCUT2D eigenvalue weighted by atomic mass is 10.1. The van der Waals surface area contributed by atoms with Crippen LogP contribution < -0.4 is 4.74 Å². The van der Waals surface area contributed by atoms with E-state index in [-0.39, 0.29) is 6.61 Å². The monoisotopic (exact) mass is 375 g/mol. The molecule has 0 N–H and O–H groups in total. The third kappa shape index (κ3) is 3.16. The van der Waals surface area contributed by atoms with E-state index in [1.165, 1.54) is 6.20 Å². The number of hydrogen-bond donors (Lipinski definition) is 0. The second kappa shape index (κ2) is 7.43. The van der Waals surface area contributed by atoms with E-state index in [4.69, 9.17) is 9.47 Å². The van der Waals surface area contributed by atoms with Crippen molar-refractivity contribution < 1.29 is 14.3 Å². The largest absolute Gasteiger partial charge is 0.497 e. The molecule has 0 radical (unpaired) electrons. The van der Waals surface area contributed by atoms with Gasteiger partial charge in [-0.2, -0.15) is 9.50 Å². The van der Waals surface area contributed by atoms with Gasteiger partial charge in [0.2, 0.25) is 0 Å². The van der Waals surface area contributed by atoms with Gasteiger partial charge in [0.1, 0.15) is 11.3 Å². The van der Waals surface area contributed by atoms with E-state index >= 15 is 0 Å². The lowest BCUT2D eigenvalue weighted by Gasteiger charge is -2.10. The average Bonchev–Trinajstić information content (AvgIpc) is 3.18. The second-order valence-electron chi connectivity index (χ2n) is 5.85. The summed E-state index contributed by atoms with van der Waals surface area (Å²) in [7, 11) is 1.60. The zero-order chi connectivity index (χ0) is 19.5. The van der Waals surface area contributed by atoms with Crippen LogP contribution in [0, 0.1) is 0 Å². The first-order chi connectivity index (χ1) is 13.7. The van der Waals surface area contributed by atoms with Crippen LogP contribution in [-0.2, 0) is 4.74 Å². The van der Waals surface area contributed by atoms with Crippen LogP contribution in [0.5, 0.6) is 5.75 Å². The number of benzene rings is 1. The third-order valence-electron chi connectivity index (χ3n) is 4.16. The van der Waals surface area contributed by atoms with E-state index in [9.17, 15) is 4.79 Å². The molecule has 8 nitrogen and oxygen atoms in total. The molecule has 0 atom stereocenters. The molecule has 4 rings (SSSR count). The Morgan fingerprint density at radius 1 is 1.07 bits per heavy atom. The predicted molar refractivity (Wildman–Crippen MR) is 102 cm³/mol. The van der Waals surface area contributed by atoms with Crippen molar-refractivity contribution in [2.45, 2.75) is 6.92 Å². The molecule has 0 spiro atoms. The maximum atomic E-state index is 12.5. The molecule has 3 heterocycles. The van der Waals surface area contributed by atoms with E-state index < -0.39 is 5.97 Å². The molecule has 0 bridgehead atoms. The molecule has 0 aliphatic rings. The van der Waals surface area contributed by atoms with Gasteiger partial charge >= 0.3 is 5.97 Å². The summed E-state index contributed by atoms with van der Waals surface area (Å²) in [5.41, 5.74) is 2.44. The molecule has 0 aliphatic heterocycles. The summed E-state index contributed by atoms with van der Waals surface area (Å²) in [6.07, 6.45) is 4.81. The summed E-state index contributed by atoms with van der Waals surface area (Å²) >= 11 is 0. The number of methoxy groups -OCH3 is 1. The summed E-state index contributed by atoms with van der Waals surface area (Å²) in [4.78, 5) is 25.3. The van der Waals surface area contributed by atoms with Crippen molar-refractivity contribution in [1.29, 1.82) is 0 Å². The number of hydrogen-bond acceptors (Lipinski definition) is 7. The molecular formula is C20H17N5O3. The Hall–Kier alpha value is -3.81. The van der Waals surface area contributed by atoms with E-state index in [2.05, 4.69) is 20.1 Å². The number of aromatic nitrogens is 5. The van der Waals surface area contributed by atoms with E-state index in [0.29, 0.717) is 28.6 Å². The summed E-state index contributed by atoms with van der Waals surface area (Å²) < 4.78 is 12.0. The van der Waals surface area contributed by atoms with Crippen LogP contribution in [-0.4, -0.2) is 44.3 Å². The normalized spacial score (nSPS) is 10.8. The number of esters is 1. The Balaban J connectivity index is 1.94. The average molecular weight is 375 g/mol. The van der Waals surface area contributed by atoms with Gasteiger partial charge < -0.3 is 9.47 Å². The Morgan fingerprint density at radius 2 is 1.82 bits per heavy atom. The summed E-state index contributed by atoms with van der Waals surface area (Å²) in [6, 6.07) is 11.0. The predicted octanol–water partition coefficient (Wildman–Crippen LogP) is 3.04. The summed E-state index contributed by atoms with van der Waals surface area (Å²) in [6.45, 7) is 2.02. The van der Waals surface area contributed by atoms with Crippen molar-refractivity contribution in [2.75, 3.05) is 13.7 Å². The van der Waals surface area contributed by atoms with Crippen molar-refractivity contribution in [2.24, 2.45) is 0 Å². The Kier molecular flexibility index (Phi) is 4.67. The molecular weight excluding hydrogens is 358 g/mol. The fourth-order valence-electron chi connectivity index (χ4n) is 2.84. The maximum Gasteiger partial charge on any atom is 0.341 e. The molecule has 0 saturated heterocycles. The molecule has 0 fully saturated rings. The minimum absolute atomic E-state index is 0.262. The fourth-order valence-corrected chi connectivity index (χ4v) is 2.84. The molecule has 0 aliphatic carbocycles. The first-order valence-corrected chi connectivity index (χ1v) is 8.69. The molecule has 4 aromatic rings. The van der Waals surface area contributed by atoms with Crippen LogP contribution in [0.15, 0.2) is 55.0 Å². The van der Waals surface area contributed by atoms with Crippen LogP contribution in [0.25, 0.3) is 28.4 Å². The fraction of sp³-hybridized carbons (Fsp3) is 0.150. The highest BCUT2D eigenvalue weighted by atomic mass is 16.5. The molecule has 0 unspecified atom stereocenters. The second-order valence-corrected chi connectivity index (χ2v) is 5.85. The molecule has 28 heavy (non-hydrogen) atoms. The van der Waals surface area contributed by atoms with Crippen molar-refractivity contribution in [1.82, 2.24) is 24.6 Å². The smallest absolute Gasteiger partial charge is 0.341 e. The quantitative estimate of drug-likeness (QED) is 0.495. The van der Waals surface area contributed by atoms with Gasteiger partial charge in [0.15, 0.2) is 5.82 Å². The number of carbonyl (C=O) groups is 1. The van der Waals surface area contributed by atoms with Crippen LogP contribution >= 0.6 is 0 Å². The lowest BCUT2D eigenvalue weighted by Crippen LogP contribution is -2.11. The minimum atomic E-state index is -0.469. The van der Waals surface area contributed by atoms with E-state index in [0.717, 1.165) is 11.1 Å². The topological polar surface area (TPSA) is 91.5 Å². The van der Waals surface area contributed by atoms with Crippen LogP contribution in [0.3, 0.4) is 0 Å². The van der Waals surface area contributed by atoms with Crippen molar-refractivity contribution >= 4 is 11.7 Å². The Labute approximate surface area is 160 Å². The number of ether oxygens (including phenoxy) is 2. The highest BCUT2D eigenvalue weighted by Gasteiger charge is 2.21. The Morgan fingerprint density at radius 3 is 2.50 bits per heavy atom. The zero-order valence-electron chi connectivity index (χ0n) is 15.4. The molecule has 0 amide bonds. The van der Waals surface area contributed by atoms with E-state index in [1.807, 2.05) is 36.4 Å². The molecule has 3 aromatic heterocycles. The van der Waals surface area contributed by atoms with Gasteiger partial charge in [0, 0.05) is 29.7 Å². The van der Waals surface area contributed by atoms with Crippen molar-refractivity contribution in [3.63, 3.8) is 0 Å². The third-order valence-corrected chi connectivity index (χ3v) is 4.16. The molecule has 8 heteroatoms. The van der Waals surface area contributed by atoms with Gasteiger partial charge in [-0.3, -0.25) is 4.98 Å². The van der Waals surface area contributed by atoms with Crippen LogP contribution in [0.1, 0.15) is 17.3 Å². The molecule has 1 aromatic carbocycles. The summed E-state index contributed by atoms with van der Waals surface area (Å²) in [5.74, 6) is 1.11. The SMILES string of the molecule is CCOC(=O)c1cnc2nc(-c3ccncc3)nn2c1-c1ccc(OC)cc1. The zero-order valence-corrected chi connectivity index (χ0v) is 15.4. The van der Waals surface area contributed by atoms with Gasteiger partial charge in [-0.15, -0.1) is 5.10 Å². The van der Waals surface area contributed by atoms with Crippen LogP contribution in [0.4, 0.5) is 0 Å². The van der Waals surface area contributed by atoms with Gasteiger partial charge in [-0.25, -0.2) is 9.78 Å². The van der Waals surface area contributed by atoms with Gasteiger partial charge in [0.25, 0.3) is 5.78 Å². The van der Waals surface area contributed by atoms with Gasteiger partial charge in [-0.05, 0) is 43.3 Å². The van der Waals surface area contributed by atoms with Gasteiger partial charge in [0.05, 0.1) is 19.4 Å². The lowest BCUT2D eigenvalue weighted by molar-refractivity contribution is 0.0526. The highest BCUT2D eigenvalue weighted by molar-refractivity contribution is 5.96. The first kappa shape index (κ1) is 17.6. The van der Waals surface area contributed by atoms with Crippen molar-refractivity contribution in [3.8, 4) is 28.4 Å². The molecule has 0 saturated carbocycles. The Bertz CT molecular complexity index is 1120. The van der Waals surface area contributed by atoms with Gasteiger partial charge in [-0.1, -0.05) is 0 Å². The maximum absolute atomic E-state index is 12.5. The molecule has 140 valence electrons. The first-order valence-electron chi connectivity index (χ1n) is 8.69. The van der Waals surface area contributed by atoms with Crippen molar-refractivity contribution in [3.05, 3.63) is 60.6 Å². The number of fused-ring (bicyclic) bond motifs is 1. The minimum Gasteiger partial charge on any atom is -0.497 e.